The van der Waals surface area contributed by atoms with Crippen molar-refractivity contribution in [1.82, 2.24) is 14.9 Å². The van der Waals surface area contributed by atoms with Gasteiger partial charge in [-0.3, -0.25) is 0 Å². The van der Waals surface area contributed by atoms with Crippen molar-refractivity contribution in [2.45, 2.75) is 31.9 Å². The zero-order chi connectivity index (χ0) is 22.7. The second-order valence-corrected chi connectivity index (χ2v) is 9.77. The SMILES string of the molecule is CCNC(=NCc1ccc(S(=O)(=O)N(C)C)cc1)NCC(C)COCc1ccccc1.I. The lowest BCUT2D eigenvalue weighted by atomic mass is 10.2. The third kappa shape index (κ3) is 9.43. The fourth-order valence-corrected chi connectivity index (χ4v) is 3.67. The van der Waals surface area contributed by atoms with Crippen LogP contribution in [0, 0.1) is 5.92 Å². The van der Waals surface area contributed by atoms with Crippen LogP contribution in [0.15, 0.2) is 64.5 Å². The van der Waals surface area contributed by atoms with Gasteiger partial charge in [0.15, 0.2) is 5.96 Å². The molecule has 0 saturated carbocycles. The molecule has 0 fully saturated rings. The summed E-state index contributed by atoms with van der Waals surface area (Å²) in [4.78, 5) is 4.88. The Bertz CT molecular complexity index is 920. The smallest absolute Gasteiger partial charge is 0.242 e. The number of hydrogen-bond acceptors (Lipinski definition) is 4. The summed E-state index contributed by atoms with van der Waals surface area (Å²) in [6, 6.07) is 17.0. The lowest BCUT2D eigenvalue weighted by Gasteiger charge is -2.16. The van der Waals surface area contributed by atoms with Gasteiger partial charge in [-0.1, -0.05) is 49.4 Å². The monoisotopic (exact) mass is 574 g/mol. The van der Waals surface area contributed by atoms with E-state index >= 15 is 0 Å². The number of nitrogens with one attached hydrogen (secondary N) is 2. The number of rotatable bonds is 11. The highest BCUT2D eigenvalue weighted by atomic mass is 127. The van der Waals surface area contributed by atoms with Crippen molar-refractivity contribution >= 4 is 40.0 Å². The van der Waals surface area contributed by atoms with Gasteiger partial charge in [0.1, 0.15) is 0 Å². The average Bonchev–Trinajstić information content (AvgIpc) is 2.76. The Morgan fingerprint density at radius 1 is 1.03 bits per heavy atom. The number of nitrogens with zero attached hydrogens (tertiary/aromatic N) is 2. The Morgan fingerprint density at radius 3 is 2.28 bits per heavy atom. The number of hydrogen-bond donors (Lipinski definition) is 2. The van der Waals surface area contributed by atoms with Gasteiger partial charge in [0.25, 0.3) is 0 Å². The van der Waals surface area contributed by atoms with E-state index in [2.05, 4.69) is 34.7 Å². The number of aliphatic imine (C=N–C) groups is 1. The maximum absolute atomic E-state index is 12.2. The Morgan fingerprint density at radius 2 is 1.69 bits per heavy atom. The molecule has 2 aromatic carbocycles. The van der Waals surface area contributed by atoms with Gasteiger partial charge in [-0.05, 0) is 36.1 Å². The van der Waals surface area contributed by atoms with E-state index in [1.165, 1.54) is 24.0 Å². The predicted octanol–water partition coefficient (Wildman–Crippen LogP) is 3.46. The van der Waals surface area contributed by atoms with Crippen LogP contribution in [0.1, 0.15) is 25.0 Å². The molecule has 178 valence electrons. The molecule has 0 bridgehead atoms. The van der Waals surface area contributed by atoms with E-state index in [-0.39, 0.29) is 28.9 Å². The Labute approximate surface area is 209 Å². The largest absolute Gasteiger partial charge is 0.376 e. The lowest BCUT2D eigenvalue weighted by molar-refractivity contribution is 0.0931. The third-order valence-electron chi connectivity index (χ3n) is 4.60. The molecule has 1 unspecified atom stereocenters. The predicted molar refractivity (Wildman–Crippen MR) is 141 cm³/mol. The van der Waals surface area contributed by atoms with Gasteiger partial charge in [0.2, 0.25) is 10.0 Å². The number of ether oxygens (including phenoxy) is 1. The van der Waals surface area contributed by atoms with Gasteiger partial charge in [-0.2, -0.15) is 0 Å². The van der Waals surface area contributed by atoms with Crippen LogP contribution in [-0.4, -0.2) is 52.5 Å². The molecule has 2 aromatic rings. The number of guanidine groups is 1. The maximum atomic E-state index is 12.2. The summed E-state index contributed by atoms with van der Waals surface area (Å²) >= 11 is 0. The number of benzene rings is 2. The summed E-state index contributed by atoms with van der Waals surface area (Å²) in [5, 5.41) is 6.58. The van der Waals surface area contributed by atoms with Gasteiger partial charge in [0.05, 0.1) is 24.7 Å². The average molecular weight is 575 g/mol. The second-order valence-electron chi connectivity index (χ2n) is 7.61. The number of halogens is 1. The zero-order valence-electron chi connectivity index (χ0n) is 19.2. The van der Waals surface area contributed by atoms with E-state index in [1.807, 2.05) is 25.1 Å². The molecule has 0 saturated heterocycles. The van der Waals surface area contributed by atoms with Gasteiger partial charge < -0.3 is 15.4 Å². The van der Waals surface area contributed by atoms with Crippen molar-refractivity contribution < 1.29 is 13.2 Å². The molecule has 0 heterocycles. The molecule has 7 nitrogen and oxygen atoms in total. The van der Waals surface area contributed by atoms with E-state index in [0.29, 0.717) is 25.7 Å². The molecule has 0 amide bonds. The highest BCUT2D eigenvalue weighted by Crippen LogP contribution is 2.14. The first kappa shape index (κ1) is 28.3. The molecular formula is C23H35IN4O3S. The lowest BCUT2D eigenvalue weighted by Crippen LogP contribution is -2.40. The normalized spacial score (nSPS) is 12.8. The molecule has 0 aliphatic heterocycles. The van der Waals surface area contributed by atoms with Crippen LogP contribution in [0.5, 0.6) is 0 Å². The topological polar surface area (TPSA) is 83.0 Å². The van der Waals surface area contributed by atoms with Crippen LogP contribution in [0.25, 0.3) is 0 Å². The van der Waals surface area contributed by atoms with E-state index in [9.17, 15) is 8.42 Å². The molecule has 0 aliphatic rings. The summed E-state index contributed by atoms with van der Waals surface area (Å²) in [6.45, 7) is 7.36. The molecule has 0 radical (unpaired) electrons. The van der Waals surface area contributed by atoms with Crippen LogP contribution >= 0.6 is 24.0 Å². The highest BCUT2D eigenvalue weighted by Gasteiger charge is 2.16. The summed E-state index contributed by atoms with van der Waals surface area (Å²) in [5.41, 5.74) is 2.11. The van der Waals surface area contributed by atoms with E-state index < -0.39 is 10.0 Å². The van der Waals surface area contributed by atoms with E-state index in [4.69, 9.17) is 4.74 Å². The van der Waals surface area contributed by atoms with Crippen molar-refractivity contribution in [1.29, 1.82) is 0 Å². The molecule has 1 atom stereocenters. The van der Waals surface area contributed by atoms with Crippen LogP contribution in [0.4, 0.5) is 0 Å². The molecule has 0 aliphatic carbocycles. The molecule has 0 spiro atoms. The summed E-state index contributed by atoms with van der Waals surface area (Å²) in [7, 11) is -0.369. The molecular weight excluding hydrogens is 539 g/mol. The fraction of sp³-hybridized carbons (Fsp3) is 0.435. The van der Waals surface area contributed by atoms with E-state index in [0.717, 1.165) is 24.6 Å². The van der Waals surface area contributed by atoms with Gasteiger partial charge in [-0.25, -0.2) is 17.7 Å². The second kappa shape index (κ2) is 14.5. The first-order valence-electron chi connectivity index (χ1n) is 10.5. The van der Waals surface area contributed by atoms with Crippen molar-refractivity contribution in [2.24, 2.45) is 10.9 Å². The minimum absolute atomic E-state index is 0. The van der Waals surface area contributed by atoms with Gasteiger partial charge >= 0.3 is 0 Å². The molecule has 9 heteroatoms. The zero-order valence-corrected chi connectivity index (χ0v) is 22.4. The molecule has 2 rings (SSSR count). The molecule has 2 N–H and O–H groups in total. The first-order chi connectivity index (χ1) is 14.8. The maximum Gasteiger partial charge on any atom is 0.242 e. The van der Waals surface area contributed by atoms with Crippen LogP contribution < -0.4 is 10.6 Å². The summed E-state index contributed by atoms with van der Waals surface area (Å²) < 4.78 is 31.3. The first-order valence-corrected chi connectivity index (χ1v) is 11.9. The fourth-order valence-electron chi connectivity index (χ4n) is 2.77. The van der Waals surface area contributed by atoms with Crippen molar-refractivity contribution in [3.05, 3.63) is 65.7 Å². The Kier molecular flexibility index (Phi) is 12.8. The van der Waals surface area contributed by atoms with Crippen LogP contribution in [0.3, 0.4) is 0 Å². The minimum atomic E-state index is -3.42. The Hall–Kier alpha value is -1.69. The highest BCUT2D eigenvalue weighted by molar-refractivity contribution is 14.0. The van der Waals surface area contributed by atoms with Crippen molar-refractivity contribution in [2.75, 3.05) is 33.8 Å². The molecule has 0 aromatic heterocycles. The van der Waals surface area contributed by atoms with Gasteiger partial charge in [-0.15, -0.1) is 24.0 Å². The van der Waals surface area contributed by atoms with Crippen LogP contribution in [0.2, 0.25) is 0 Å². The van der Waals surface area contributed by atoms with E-state index in [1.54, 1.807) is 24.3 Å². The third-order valence-corrected chi connectivity index (χ3v) is 6.43. The quantitative estimate of drug-likeness (QED) is 0.244. The Balaban J connectivity index is 0.00000512. The minimum Gasteiger partial charge on any atom is -0.376 e. The number of sulfonamides is 1. The summed E-state index contributed by atoms with van der Waals surface area (Å²) in [5.74, 6) is 1.05. The summed E-state index contributed by atoms with van der Waals surface area (Å²) in [6.07, 6.45) is 0. The standard InChI is InChI=1S/C23H34N4O3S.HI/c1-5-24-23(25-15-19(2)17-30-18-21-9-7-6-8-10-21)26-16-20-11-13-22(14-12-20)31(28,29)27(3)4;/h6-14,19H,5,15-18H2,1-4H3,(H2,24,25,26);1H. The molecule has 32 heavy (non-hydrogen) atoms. The van der Waals surface area contributed by atoms with Crippen molar-refractivity contribution in [3.8, 4) is 0 Å². The van der Waals surface area contributed by atoms with Crippen LogP contribution in [-0.2, 0) is 27.9 Å². The van der Waals surface area contributed by atoms with Crippen molar-refractivity contribution in [3.63, 3.8) is 0 Å². The van der Waals surface area contributed by atoms with Gasteiger partial charge in [0, 0.05) is 27.2 Å².